The molecule has 0 unspecified atom stereocenters. The number of ether oxygens (including phenoxy) is 1. The van der Waals surface area contributed by atoms with Gasteiger partial charge >= 0.3 is 19.3 Å². The van der Waals surface area contributed by atoms with Gasteiger partial charge in [0.1, 0.15) is 0 Å². The third-order valence-corrected chi connectivity index (χ3v) is 4.28. The highest BCUT2D eigenvalue weighted by atomic mass is 19.4. The molecule has 0 aliphatic carbocycles. The molecule has 0 atom stereocenters. The number of hydrogen-bond donors (Lipinski definition) is 0. The summed E-state index contributed by atoms with van der Waals surface area (Å²) < 4.78 is 55.6. The van der Waals surface area contributed by atoms with Crippen LogP contribution in [0.3, 0.4) is 0 Å². The van der Waals surface area contributed by atoms with E-state index in [0.717, 1.165) is 19.2 Å². The maximum atomic E-state index is 13.2. The molecule has 1 aromatic carbocycles. The zero-order valence-corrected chi connectivity index (χ0v) is 13.6. The first kappa shape index (κ1) is 17.8. The lowest BCUT2D eigenvalue weighted by molar-refractivity contribution is -0.138. The number of carbonyl (C=O) groups is 1. The summed E-state index contributed by atoms with van der Waals surface area (Å²) in [7, 11) is 0.0951. The van der Waals surface area contributed by atoms with Gasteiger partial charge in [-0.2, -0.15) is 13.2 Å². The molecule has 126 valence electrons. The summed E-state index contributed by atoms with van der Waals surface area (Å²) in [5, 5.41) is 0. The Hall–Kier alpha value is -1.54. The summed E-state index contributed by atoms with van der Waals surface area (Å²) in [5.41, 5.74) is -2.76. The second-order valence-electron chi connectivity index (χ2n) is 6.38. The monoisotopic (exact) mass is 330 g/mol. The van der Waals surface area contributed by atoms with Gasteiger partial charge in [-0.15, -0.1) is 0 Å². The third kappa shape index (κ3) is 3.23. The molecule has 4 nitrogen and oxygen atoms in total. The minimum atomic E-state index is -4.69. The van der Waals surface area contributed by atoms with Gasteiger partial charge in [-0.1, -0.05) is 6.07 Å². The van der Waals surface area contributed by atoms with Crippen molar-refractivity contribution >= 4 is 18.6 Å². The summed E-state index contributed by atoms with van der Waals surface area (Å²) in [4.78, 5) is 11.5. The topological polar surface area (TPSA) is 44.8 Å². The van der Waals surface area contributed by atoms with Crippen LogP contribution >= 0.6 is 0 Å². The maximum Gasteiger partial charge on any atom is 0.494 e. The smallest absolute Gasteiger partial charge is 0.465 e. The third-order valence-electron chi connectivity index (χ3n) is 4.28. The van der Waals surface area contributed by atoms with E-state index >= 15 is 0 Å². The Balaban J connectivity index is 2.45. The fourth-order valence-corrected chi connectivity index (χ4v) is 2.21. The lowest BCUT2D eigenvalue weighted by Gasteiger charge is -2.32. The van der Waals surface area contributed by atoms with E-state index in [2.05, 4.69) is 4.74 Å². The van der Waals surface area contributed by atoms with Gasteiger partial charge in [0.2, 0.25) is 0 Å². The highest BCUT2D eigenvalue weighted by molar-refractivity contribution is 6.62. The van der Waals surface area contributed by atoms with Crippen LogP contribution < -0.4 is 5.46 Å². The Labute approximate surface area is 133 Å². The van der Waals surface area contributed by atoms with Crippen LogP contribution in [0.15, 0.2) is 18.2 Å². The zero-order chi connectivity index (χ0) is 17.6. The molecule has 8 heteroatoms. The Morgan fingerprint density at radius 2 is 1.65 bits per heavy atom. The van der Waals surface area contributed by atoms with Crippen LogP contribution in [0.25, 0.3) is 0 Å². The largest absolute Gasteiger partial charge is 0.494 e. The molecular formula is C15H18BF3O4. The number of rotatable bonds is 2. The molecular weight excluding hydrogens is 312 g/mol. The van der Waals surface area contributed by atoms with E-state index in [9.17, 15) is 18.0 Å². The average Bonchev–Trinajstić information content (AvgIpc) is 2.65. The summed E-state index contributed by atoms with van der Waals surface area (Å²) >= 11 is 0. The molecule has 1 heterocycles. The fraction of sp³-hybridized carbons (Fsp3) is 0.533. The minimum Gasteiger partial charge on any atom is -0.465 e. The lowest BCUT2D eigenvalue weighted by Crippen LogP contribution is -2.41. The van der Waals surface area contributed by atoms with Gasteiger partial charge < -0.3 is 14.0 Å². The van der Waals surface area contributed by atoms with E-state index in [1.807, 2.05) is 0 Å². The summed E-state index contributed by atoms with van der Waals surface area (Å²) in [6, 6.07) is 3.33. The van der Waals surface area contributed by atoms with Gasteiger partial charge in [0.05, 0.1) is 29.4 Å². The van der Waals surface area contributed by atoms with E-state index in [4.69, 9.17) is 9.31 Å². The number of benzene rings is 1. The molecule has 0 aromatic heterocycles. The Morgan fingerprint density at radius 3 is 2.09 bits per heavy atom. The highest BCUT2D eigenvalue weighted by Crippen LogP contribution is 2.37. The fourth-order valence-electron chi connectivity index (χ4n) is 2.21. The summed E-state index contributed by atoms with van der Waals surface area (Å²) in [5.74, 6) is -1.04. The molecule has 23 heavy (non-hydrogen) atoms. The van der Waals surface area contributed by atoms with Gasteiger partial charge in [0, 0.05) is 0 Å². The van der Waals surface area contributed by atoms with Crippen molar-refractivity contribution in [2.45, 2.75) is 45.1 Å². The molecule has 0 bridgehead atoms. The van der Waals surface area contributed by atoms with Gasteiger partial charge in [-0.25, -0.2) is 4.79 Å². The first-order valence-corrected chi connectivity index (χ1v) is 7.04. The van der Waals surface area contributed by atoms with Crippen molar-refractivity contribution in [1.29, 1.82) is 0 Å². The van der Waals surface area contributed by atoms with E-state index < -0.39 is 41.6 Å². The Kier molecular flexibility index (Phi) is 4.28. The normalized spacial score (nSPS) is 19.7. The second-order valence-corrected chi connectivity index (χ2v) is 6.38. The second kappa shape index (κ2) is 5.52. The first-order chi connectivity index (χ1) is 10.4. The molecule has 0 spiro atoms. The molecule has 1 aliphatic heterocycles. The molecule has 0 radical (unpaired) electrons. The van der Waals surface area contributed by atoms with Crippen molar-refractivity contribution in [3.05, 3.63) is 29.3 Å². The van der Waals surface area contributed by atoms with Gasteiger partial charge in [-0.3, -0.25) is 0 Å². The van der Waals surface area contributed by atoms with Gasteiger partial charge in [-0.05, 0) is 45.3 Å². The maximum absolute atomic E-state index is 13.2. The number of alkyl halides is 3. The van der Waals surface area contributed by atoms with Crippen LogP contribution in [-0.4, -0.2) is 31.4 Å². The predicted octanol–water partition coefficient (Wildman–Crippen LogP) is 2.79. The van der Waals surface area contributed by atoms with Crippen molar-refractivity contribution in [2.24, 2.45) is 0 Å². The number of esters is 1. The molecule has 1 fully saturated rings. The minimum absolute atomic E-state index is 0.198. The van der Waals surface area contributed by atoms with Gasteiger partial charge in [0.25, 0.3) is 0 Å². The molecule has 1 aliphatic rings. The molecule has 0 saturated carbocycles. The van der Waals surface area contributed by atoms with Crippen LogP contribution in [0.4, 0.5) is 13.2 Å². The van der Waals surface area contributed by atoms with E-state index in [1.54, 1.807) is 27.7 Å². The van der Waals surface area contributed by atoms with Crippen LogP contribution in [0, 0.1) is 0 Å². The number of halogens is 3. The Bertz CT molecular complexity index is 610. The summed E-state index contributed by atoms with van der Waals surface area (Å²) in [6.45, 7) is 7.22. The van der Waals surface area contributed by atoms with Crippen LogP contribution in [0.1, 0.15) is 43.6 Å². The quantitative estimate of drug-likeness (QED) is 0.618. The molecule has 1 saturated heterocycles. The van der Waals surface area contributed by atoms with E-state index in [0.29, 0.717) is 0 Å². The molecule has 2 rings (SSSR count). The SMILES string of the molecule is COC(=O)c1ccc(B2OC(C)(C)C(C)(C)O2)cc1C(F)(F)F. The number of hydrogen-bond acceptors (Lipinski definition) is 4. The van der Waals surface area contributed by atoms with Crippen molar-refractivity contribution in [3.8, 4) is 0 Å². The number of carbonyl (C=O) groups excluding carboxylic acids is 1. The zero-order valence-electron chi connectivity index (χ0n) is 13.6. The molecule has 0 N–H and O–H groups in total. The van der Waals surface area contributed by atoms with E-state index in [-0.39, 0.29) is 5.46 Å². The average molecular weight is 330 g/mol. The van der Waals surface area contributed by atoms with Crippen LogP contribution in [-0.2, 0) is 20.2 Å². The summed E-state index contributed by atoms with van der Waals surface area (Å²) in [6.07, 6.45) is -4.69. The molecule has 0 amide bonds. The predicted molar refractivity (Wildman–Crippen MR) is 78.5 cm³/mol. The van der Waals surface area contributed by atoms with Gasteiger partial charge in [0.15, 0.2) is 0 Å². The van der Waals surface area contributed by atoms with Crippen molar-refractivity contribution in [3.63, 3.8) is 0 Å². The van der Waals surface area contributed by atoms with Crippen molar-refractivity contribution in [1.82, 2.24) is 0 Å². The molecule has 1 aromatic rings. The Morgan fingerprint density at radius 1 is 1.13 bits per heavy atom. The highest BCUT2D eigenvalue weighted by Gasteiger charge is 2.52. The van der Waals surface area contributed by atoms with Crippen LogP contribution in [0.2, 0.25) is 0 Å². The lowest BCUT2D eigenvalue weighted by atomic mass is 9.77. The standard InChI is InChI=1S/C15H18BF3O4/c1-13(2)14(3,4)23-16(22-13)9-6-7-10(12(20)21-5)11(8-9)15(17,18)19/h6-8H,1-5H3. The van der Waals surface area contributed by atoms with Crippen molar-refractivity contribution in [2.75, 3.05) is 7.11 Å². The van der Waals surface area contributed by atoms with Crippen molar-refractivity contribution < 1.29 is 32.0 Å². The van der Waals surface area contributed by atoms with Crippen LogP contribution in [0.5, 0.6) is 0 Å². The number of methoxy groups -OCH3 is 1. The first-order valence-electron chi connectivity index (χ1n) is 7.04. The van der Waals surface area contributed by atoms with E-state index in [1.165, 1.54) is 6.07 Å².